The lowest BCUT2D eigenvalue weighted by atomic mass is 9.80. The minimum atomic E-state index is 0.125. The third kappa shape index (κ3) is 4.78. The van der Waals surface area contributed by atoms with Gasteiger partial charge in [0, 0.05) is 50.7 Å². The fourth-order valence-corrected chi connectivity index (χ4v) is 6.15. The largest absolute Gasteiger partial charge is 0.353 e. The minimum Gasteiger partial charge on any atom is -0.353 e. The van der Waals surface area contributed by atoms with E-state index in [2.05, 4.69) is 66.1 Å². The number of aryl methyl sites for hydroxylation is 1. The summed E-state index contributed by atoms with van der Waals surface area (Å²) < 4.78 is 6.00. The topological polar surface area (TPSA) is 39.7 Å². The number of carbonyl (C=O) groups is 1. The van der Waals surface area contributed by atoms with Gasteiger partial charge in [0.2, 0.25) is 5.91 Å². The van der Waals surface area contributed by atoms with Crippen LogP contribution < -0.4 is 9.80 Å². The second-order valence-electron chi connectivity index (χ2n) is 10.3. The summed E-state index contributed by atoms with van der Waals surface area (Å²) in [5.41, 5.74) is 3.95. The summed E-state index contributed by atoms with van der Waals surface area (Å²) in [5.74, 6) is 1.30. The minimum absolute atomic E-state index is 0.125. The van der Waals surface area contributed by atoms with Crippen LogP contribution in [0.4, 0.5) is 11.5 Å². The van der Waals surface area contributed by atoms with E-state index in [9.17, 15) is 4.79 Å². The summed E-state index contributed by atoms with van der Waals surface area (Å²) in [6.07, 6.45) is 3.29. The summed E-state index contributed by atoms with van der Waals surface area (Å²) in [6, 6.07) is 15.3. The maximum Gasteiger partial charge on any atom is 0.223 e. The third-order valence-corrected chi connectivity index (χ3v) is 7.86. The van der Waals surface area contributed by atoms with E-state index in [0.717, 1.165) is 70.0 Å². The van der Waals surface area contributed by atoms with Crippen LogP contribution in [0.3, 0.4) is 0 Å². The number of rotatable bonds is 5. The second kappa shape index (κ2) is 9.07. The lowest BCUT2D eigenvalue weighted by Gasteiger charge is -2.39. The normalized spacial score (nSPS) is 18.5. The Bertz CT molecular complexity index is 1150. The van der Waals surface area contributed by atoms with Crippen molar-refractivity contribution in [2.24, 2.45) is 5.41 Å². The third-order valence-electron chi connectivity index (χ3n) is 7.04. The first-order chi connectivity index (χ1) is 15.9. The van der Waals surface area contributed by atoms with E-state index in [1.165, 1.54) is 21.2 Å². The van der Waals surface area contributed by atoms with Crippen LogP contribution >= 0.6 is 11.5 Å². The smallest absolute Gasteiger partial charge is 0.223 e. The zero-order chi connectivity index (χ0) is 23.0. The molecule has 0 atom stereocenters. The number of fused-ring (bicyclic) bond motifs is 2. The van der Waals surface area contributed by atoms with Gasteiger partial charge >= 0.3 is 0 Å². The van der Waals surface area contributed by atoms with Gasteiger partial charge in [-0.2, -0.15) is 4.37 Å². The number of benzene rings is 2. The average molecular weight is 463 g/mol. The number of carbonyl (C=O) groups excluding carboxylic acids is 1. The van der Waals surface area contributed by atoms with E-state index in [-0.39, 0.29) is 11.3 Å². The molecule has 2 aliphatic heterocycles. The molecule has 2 aromatic carbocycles. The van der Waals surface area contributed by atoms with Gasteiger partial charge in [0.15, 0.2) is 0 Å². The van der Waals surface area contributed by atoms with Crippen molar-refractivity contribution >= 4 is 39.0 Å². The van der Waals surface area contributed by atoms with E-state index >= 15 is 0 Å². The summed E-state index contributed by atoms with van der Waals surface area (Å²) in [7, 11) is 0. The zero-order valence-corrected chi connectivity index (χ0v) is 20.8. The van der Waals surface area contributed by atoms with Crippen molar-refractivity contribution in [3.8, 4) is 0 Å². The van der Waals surface area contributed by atoms with Gasteiger partial charge in [-0.05, 0) is 72.1 Å². The number of amides is 1. The second-order valence-corrected chi connectivity index (χ2v) is 11.1. The Morgan fingerprint density at radius 2 is 1.88 bits per heavy atom. The lowest BCUT2D eigenvalue weighted by molar-refractivity contribution is -0.117. The van der Waals surface area contributed by atoms with Crippen molar-refractivity contribution in [3.63, 3.8) is 0 Å². The monoisotopic (exact) mass is 462 g/mol. The molecule has 0 N–H and O–H groups in total. The molecule has 3 aromatic rings. The number of nitrogens with zero attached hydrogens (tertiary/aromatic N) is 4. The van der Waals surface area contributed by atoms with Crippen molar-refractivity contribution in [1.29, 1.82) is 0 Å². The summed E-state index contributed by atoms with van der Waals surface area (Å²) in [6.45, 7) is 12.4. The van der Waals surface area contributed by atoms with Crippen LogP contribution in [0.25, 0.3) is 10.1 Å². The van der Waals surface area contributed by atoms with Crippen LogP contribution in [0.2, 0.25) is 0 Å². The van der Waals surface area contributed by atoms with Gasteiger partial charge < -0.3 is 9.80 Å². The highest BCUT2D eigenvalue weighted by molar-refractivity contribution is 7.13. The van der Waals surface area contributed by atoms with Crippen LogP contribution in [-0.4, -0.2) is 54.4 Å². The Hall–Kier alpha value is -2.44. The van der Waals surface area contributed by atoms with Gasteiger partial charge in [-0.1, -0.05) is 38.1 Å². The predicted molar refractivity (Wildman–Crippen MR) is 139 cm³/mol. The SMILES string of the molecule is CC(=O)N1CC(C)(C)Cc2cc(CCCN3CCN(c4nsc5ccccc45)CC3)ccc21. The van der Waals surface area contributed by atoms with E-state index < -0.39 is 0 Å². The van der Waals surface area contributed by atoms with Gasteiger partial charge in [-0.25, -0.2) is 0 Å². The maximum atomic E-state index is 12.2. The molecule has 1 fully saturated rings. The van der Waals surface area contributed by atoms with Crippen LogP contribution in [0, 0.1) is 5.41 Å². The molecule has 5 nitrogen and oxygen atoms in total. The van der Waals surface area contributed by atoms with E-state index in [4.69, 9.17) is 4.37 Å². The van der Waals surface area contributed by atoms with Crippen LogP contribution in [0.5, 0.6) is 0 Å². The lowest BCUT2D eigenvalue weighted by Crippen LogP contribution is -2.46. The first kappa shape index (κ1) is 22.4. The summed E-state index contributed by atoms with van der Waals surface area (Å²) in [5, 5.41) is 1.29. The number of aromatic nitrogens is 1. The molecule has 0 aliphatic carbocycles. The van der Waals surface area contributed by atoms with Gasteiger partial charge in [-0.3, -0.25) is 9.69 Å². The highest BCUT2D eigenvalue weighted by Gasteiger charge is 2.32. The van der Waals surface area contributed by atoms with Crippen molar-refractivity contribution in [3.05, 3.63) is 53.6 Å². The van der Waals surface area contributed by atoms with Crippen molar-refractivity contribution in [2.75, 3.05) is 49.1 Å². The molecule has 3 heterocycles. The Balaban J connectivity index is 1.15. The van der Waals surface area contributed by atoms with Gasteiger partial charge in [-0.15, -0.1) is 0 Å². The van der Waals surface area contributed by atoms with Gasteiger partial charge in [0.05, 0.1) is 4.70 Å². The molecule has 2 aliphatic rings. The van der Waals surface area contributed by atoms with E-state index in [0.29, 0.717) is 0 Å². The number of hydrogen-bond acceptors (Lipinski definition) is 5. The quantitative estimate of drug-likeness (QED) is 0.536. The average Bonchev–Trinajstić information content (AvgIpc) is 3.22. The summed E-state index contributed by atoms with van der Waals surface area (Å²) in [4.78, 5) is 19.1. The molecule has 0 unspecified atom stereocenters. The molecule has 1 saturated heterocycles. The molecular weight excluding hydrogens is 428 g/mol. The first-order valence-corrected chi connectivity index (χ1v) is 12.9. The van der Waals surface area contributed by atoms with Crippen molar-refractivity contribution in [2.45, 2.75) is 40.0 Å². The molecule has 0 saturated carbocycles. The highest BCUT2D eigenvalue weighted by Crippen LogP contribution is 2.37. The molecule has 0 spiro atoms. The Kier molecular flexibility index (Phi) is 6.14. The standard InChI is InChI=1S/C27H34N4OS/c1-20(32)31-19-27(2,3)18-22-17-21(10-11-24(22)31)7-6-12-29-13-15-30(16-14-29)26-23-8-4-5-9-25(23)33-28-26/h4-5,8-11,17H,6-7,12-16,18-19H2,1-3H3. The van der Waals surface area contributed by atoms with Gasteiger partial charge in [0.25, 0.3) is 0 Å². The fourth-order valence-electron chi connectivity index (χ4n) is 5.36. The molecule has 5 rings (SSSR count). The molecule has 174 valence electrons. The number of piperazine rings is 1. The molecule has 0 bridgehead atoms. The molecule has 6 heteroatoms. The maximum absolute atomic E-state index is 12.2. The van der Waals surface area contributed by atoms with E-state index in [1.807, 2.05) is 4.90 Å². The molecule has 1 amide bonds. The molecular formula is C27H34N4OS. The predicted octanol–water partition coefficient (Wildman–Crippen LogP) is 4.99. The molecule has 1 aromatic heterocycles. The highest BCUT2D eigenvalue weighted by atomic mass is 32.1. The molecule has 33 heavy (non-hydrogen) atoms. The zero-order valence-electron chi connectivity index (χ0n) is 20.0. The van der Waals surface area contributed by atoms with Crippen LogP contribution in [0.1, 0.15) is 38.3 Å². The van der Waals surface area contributed by atoms with E-state index in [1.54, 1.807) is 18.5 Å². The number of hydrogen-bond donors (Lipinski definition) is 0. The fraction of sp³-hybridized carbons (Fsp3) is 0.481. The van der Waals surface area contributed by atoms with Crippen LogP contribution in [-0.2, 0) is 17.6 Å². The Labute approximate surface area is 201 Å². The molecule has 0 radical (unpaired) electrons. The van der Waals surface area contributed by atoms with Gasteiger partial charge in [0.1, 0.15) is 5.82 Å². The van der Waals surface area contributed by atoms with Crippen molar-refractivity contribution in [1.82, 2.24) is 9.27 Å². The summed E-state index contributed by atoms with van der Waals surface area (Å²) >= 11 is 1.60. The Morgan fingerprint density at radius 3 is 2.67 bits per heavy atom. The number of anilines is 2. The Morgan fingerprint density at radius 1 is 1.09 bits per heavy atom. The first-order valence-electron chi connectivity index (χ1n) is 12.1. The van der Waals surface area contributed by atoms with Crippen LogP contribution in [0.15, 0.2) is 42.5 Å². The van der Waals surface area contributed by atoms with Crippen molar-refractivity contribution < 1.29 is 4.79 Å².